The quantitative estimate of drug-likeness (QED) is 0.805. The van der Waals surface area contributed by atoms with Crippen molar-refractivity contribution < 1.29 is 9.59 Å². The minimum absolute atomic E-state index is 0.114. The molecule has 6 nitrogen and oxygen atoms in total. The van der Waals surface area contributed by atoms with Crippen LogP contribution in [0.15, 0.2) is 30.5 Å². The van der Waals surface area contributed by atoms with Crippen LogP contribution in [0.1, 0.15) is 13.3 Å². The number of fused-ring (bicyclic) bond motifs is 1. The van der Waals surface area contributed by atoms with Crippen molar-refractivity contribution >= 4 is 34.1 Å². The Kier molecular flexibility index (Phi) is 3.21. The lowest BCUT2D eigenvalue weighted by molar-refractivity contribution is -0.132. The lowest BCUT2D eigenvalue weighted by Crippen LogP contribution is -2.58. The van der Waals surface area contributed by atoms with Gasteiger partial charge in [-0.2, -0.15) is 0 Å². The first-order valence-corrected chi connectivity index (χ1v) is 6.85. The van der Waals surface area contributed by atoms with Crippen molar-refractivity contribution in [3.8, 4) is 0 Å². The van der Waals surface area contributed by atoms with E-state index in [2.05, 4.69) is 10.3 Å². The molecule has 0 aliphatic carbocycles. The summed E-state index contributed by atoms with van der Waals surface area (Å²) in [5.41, 5.74) is 8.04. The molecular weight excluding hydrogens is 268 g/mol. The highest BCUT2D eigenvalue weighted by molar-refractivity contribution is 6.08. The Hall–Kier alpha value is -2.63. The van der Waals surface area contributed by atoms with Crippen LogP contribution in [0.25, 0.3) is 10.9 Å². The first-order valence-electron chi connectivity index (χ1n) is 6.85. The molecule has 21 heavy (non-hydrogen) atoms. The number of aromatic nitrogens is 1. The van der Waals surface area contributed by atoms with Gasteiger partial charge in [-0.25, -0.2) is 0 Å². The Bertz CT molecular complexity index is 729. The average molecular weight is 284 g/mol. The number of carbonyl (C=O) groups is 2. The number of anilines is 2. The molecule has 108 valence electrons. The van der Waals surface area contributed by atoms with Crippen LogP contribution in [-0.2, 0) is 9.59 Å². The zero-order valence-corrected chi connectivity index (χ0v) is 11.7. The summed E-state index contributed by atoms with van der Waals surface area (Å²) in [5.74, 6) is -0.598. The van der Waals surface area contributed by atoms with Crippen molar-refractivity contribution in [2.75, 3.05) is 17.2 Å². The summed E-state index contributed by atoms with van der Waals surface area (Å²) < 4.78 is 0. The monoisotopic (exact) mass is 284 g/mol. The molecule has 1 aromatic heterocycles. The van der Waals surface area contributed by atoms with Crippen LogP contribution < -0.4 is 16.0 Å². The summed E-state index contributed by atoms with van der Waals surface area (Å²) in [5, 5.41) is 3.22. The number of nitrogens with one attached hydrogen (secondary N) is 1. The third-order valence-electron chi connectivity index (χ3n) is 3.70. The molecule has 0 bridgehead atoms. The Morgan fingerprint density at radius 1 is 1.38 bits per heavy atom. The molecule has 2 heterocycles. The number of nitrogens with two attached hydrogens (primary N) is 1. The summed E-state index contributed by atoms with van der Waals surface area (Å²) >= 11 is 0. The number of carbonyl (C=O) groups excluding carboxylic acids is 2. The van der Waals surface area contributed by atoms with E-state index in [1.54, 1.807) is 11.1 Å². The molecular formula is C15H16N4O2. The normalized spacial score (nSPS) is 18.9. The Morgan fingerprint density at radius 2 is 2.14 bits per heavy atom. The number of amides is 2. The van der Waals surface area contributed by atoms with E-state index in [1.807, 2.05) is 31.2 Å². The van der Waals surface area contributed by atoms with Gasteiger partial charge in [0, 0.05) is 5.39 Å². The maximum absolute atomic E-state index is 12.0. The number of pyridine rings is 1. The molecule has 1 unspecified atom stereocenters. The van der Waals surface area contributed by atoms with Crippen LogP contribution in [0.2, 0.25) is 0 Å². The molecule has 3 rings (SSSR count). The molecule has 3 N–H and O–H groups in total. The molecule has 0 saturated carbocycles. The molecule has 0 radical (unpaired) electrons. The van der Waals surface area contributed by atoms with Crippen molar-refractivity contribution in [3.63, 3.8) is 0 Å². The van der Waals surface area contributed by atoms with Gasteiger partial charge in [0.15, 0.2) is 0 Å². The predicted octanol–water partition coefficient (Wildman–Crippen LogP) is 1.06. The Labute approximate surface area is 121 Å². The third kappa shape index (κ3) is 2.18. The van der Waals surface area contributed by atoms with Gasteiger partial charge in [0.05, 0.1) is 29.6 Å². The predicted molar refractivity (Wildman–Crippen MR) is 80.7 cm³/mol. The van der Waals surface area contributed by atoms with Crippen LogP contribution >= 0.6 is 0 Å². The Morgan fingerprint density at radius 3 is 2.90 bits per heavy atom. The van der Waals surface area contributed by atoms with E-state index in [0.29, 0.717) is 17.8 Å². The van der Waals surface area contributed by atoms with E-state index < -0.39 is 6.04 Å². The molecule has 2 amide bonds. The molecule has 2 aromatic rings. The fraction of sp³-hybridized carbons (Fsp3) is 0.267. The van der Waals surface area contributed by atoms with E-state index >= 15 is 0 Å². The van der Waals surface area contributed by atoms with Gasteiger partial charge in [0.25, 0.3) is 0 Å². The van der Waals surface area contributed by atoms with Gasteiger partial charge < -0.3 is 10.6 Å². The van der Waals surface area contributed by atoms with Crippen LogP contribution in [0.5, 0.6) is 0 Å². The number of benzene rings is 1. The number of para-hydroxylation sites is 1. The minimum atomic E-state index is -0.407. The molecule has 6 heteroatoms. The first kappa shape index (κ1) is 13.4. The van der Waals surface area contributed by atoms with Crippen LogP contribution in [0.4, 0.5) is 11.4 Å². The largest absolute Gasteiger partial charge is 0.396 e. The fourth-order valence-electron chi connectivity index (χ4n) is 2.77. The second-order valence-electron chi connectivity index (χ2n) is 5.04. The highest BCUT2D eigenvalue weighted by Gasteiger charge is 2.34. The SMILES string of the molecule is CCC1C(=O)NC(=O)CN1c1c(N)cnc2ccccc12. The van der Waals surface area contributed by atoms with E-state index in [0.717, 1.165) is 10.9 Å². The highest BCUT2D eigenvalue weighted by atomic mass is 16.2. The van der Waals surface area contributed by atoms with Crippen molar-refractivity contribution in [1.82, 2.24) is 10.3 Å². The van der Waals surface area contributed by atoms with E-state index in [1.165, 1.54) is 0 Å². The molecule has 1 aliphatic heterocycles. The van der Waals surface area contributed by atoms with Crippen molar-refractivity contribution in [2.24, 2.45) is 0 Å². The zero-order valence-electron chi connectivity index (χ0n) is 11.7. The molecule has 1 fully saturated rings. The van der Waals surface area contributed by atoms with Crippen molar-refractivity contribution in [2.45, 2.75) is 19.4 Å². The second-order valence-corrected chi connectivity index (χ2v) is 5.04. The zero-order chi connectivity index (χ0) is 15.0. The van der Waals surface area contributed by atoms with Gasteiger partial charge in [-0.15, -0.1) is 0 Å². The summed E-state index contributed by atoms with van der Waals surface area (Å²) in [6.45, 7) is 2.02. The van der Waals surface area contributed by atoms with Gasteiger partial charge >= 0.3 is 0 Å². The summed E-state index contributed by atoms with van der Waals surface area (Å²) in [6, 6.07) is 7.15. The highest BCUT2D eigenvalue weighted by Crippen LogP contribution is 2.33. The van der Waals surface area contributed by atoms with Gasteiger partial charge in [0.1, 0.15) is 6.04 Å². The third-order valence-corrected chi connectivity index (χ3v) is 3.70. The number of hydrogen-bond acceptors (Lipinski definition) is 5. The molecule has 1 atom stereocenters. The standard InChI is InChI=1S/C15H16N4O2/c1-2-12-15(21)18-13(20)8-19(12)14-9-5-3-4-6-11(9)17-7-10(14)16/h3-7,12H,2,8,16H2,1H3,(H,18,20,21). The molecule has 0 spiro atoms. The maximum Gasteiger partial charge on any atom is 0.249 e. The topological polar surface area (TPSA) is 88.3 Å². The number of nitrogens with zero attached hydrogens (tertiary/aromatic N) is 2. The lowest BCUT2D eigenvalue weighted by atomic mass is 10.1. The summed E-state index contributed by atoms with van der Waals surface area (Å²) in [6.07, 6.45) is 2.16. The fourth-order valence-corrected chi connectivity index (χ4v) is 2.77. The molecule has 1 aromatic carbocycles. The molecule has 1 saturated heterocycles. The smallest absolute Gasteiger partial charge is 0.249 e. The van der Waals surface area contributed by atoms with Crippen LogP contribution in [0.3, 0.4) is 0 Å². The Balaban J connectivity index is 2.20. The second kappa shape index (κ2) is 5.05. The number of rotatable bonds is 2. The number of imide groups is 1. The van der Waals surface area contributed by atoms with Crippen molar-refractivity contribution in [1.29, 1.82) is 0 Å². The first-order chi connectivity index (χ1) is 10.1. The van der Waals surface area contributed by atoms with Gasteiger partial charge in [-0.1, -0.05) is 25.1 Å². The van der Waals surface area contributed by atoms with E-state index in [-0.39, 0.29) is 18.4 Å². The summed E-state index contributed by atoms with van der Waals surface area (Å²) in [4.78, 5) is 29.8. The van der Waals surface area contributed by atoms with Crippen molar-refractivity contribution in [3.05, 3.63) is 30.5 Å². The number of piperazine rings is 1. The summed E-state index contributed by atoms with van der Waals surface area (Å²) in [7, 11) is 0. The minimum Gasteiger partial charge on any atom is -0.396 e. The van der Waals surface area contributed by atoms with Crippen LogP contribution in [0, 0.1) is 0 Å². The lowest BCUT2D eigenvalue weighted by Gasteiger charge is -2.36. The number of hydrogen-bond donors (Lipinski definition) is 2. The van der Waals surface area contributed by atoms with E-state index in [4.69, 9.17) is 5.73 Å². The van der Waals surface area contributed by atoms with Gasteiger partial charge in [-0.3, -0.25) is 19.9 Å². The van der Waals surface area contributed by atoms with Gasteiger partial charge in [-0.05, 0) is 12.5 Å². The van der Waals surface area contributed by atoms with Crippen LogP contribution in [-0.4, -0.2) is 29.4 Å². The maximum atomic E-state index is 12.0. The number of nitrogen functional groups attached to an aromatic ring is 1. The average Bonchev–Trinajstić information content (AvgIpc) is 2.46. The molecule has 1 aliphatic rings. The van der Waals surface area contributed by atoms with E-state index in [9.17, 15) is 9.59 Å². The van der Waals surface area contributed by atoms with Gasteiger partial charge in [0.2, 0.25) is 11.8 Å².